The third-order valence-corrected chi connectivity index (χ3v) is 7.90. The zero-order valence-corrected chi connectivity index (χ0v) is 20.7. The van der Waals surface area contributed by atoms with E-state index in [1.54, 1.807) is 17.2 Å². The lowest BCUT2D eigenvalue weighted by atomic mass is 9.82. The van der Waals surface area contributed by atoms with Gasteiger partial charge < -0.3 is 15.8 Å². The van der Waals surface area contributed by atoms with Crippen molar-refractivity contribution in [1.29, 1.82) is 0 Å². The van der Waals surface area contributed by atoms with Gasteiger partial charge in [-0.05, 0) is 109 Å². The number of aryl methyl sites for hydroxylation is 3. The molecule has 7 rings (SSSR count). The number of aromatic nitrogens is 1. The molecule has 4 aliphatic rings. The number of nitrogen functional groups attached to an aromatic ring is 1. The standard InChI is InChI=1S/C21H20O.C9H13N3O/c1-11-2-7-14-17(8-11)21-19-10-16(13-5-6-13)15(12-3-4-12)9-18(19)20(14)22-21;1-6-3-9(10)12-7(2)8(6)4-11-5-13/h2,7-10,12-13,20-21H,3-6H2,1H3;3,5H,4H2,1-2H3,(H2,10,12)(H,11,13). The molecule has 2 atom stereocenters. The molecule has 2 aliphatic heterocycles. The summed E-state index contributed by atoms with van der Waals surface area (Å²) in [6.45, 7) is 6.52. The van der Waals surface area contributed by atoms with Gasteiger partial charge in [0.2, 0.25) is 6.41 Å². The quantitative estimate of drug-likeness (QED) is 0.465. The maximum atomic E-state index is 10.1. The average molecular weight is 468 g/mol. The predicted molar refractivity (Wildman–Crippen MR) is 137 cm³/mol. The van der Waals surface area contributed by atoms with Crippen molar-refractivity contribution in [3.63, 3.8) is 0 Å². The maximum Gasteiger partial charge on any atom is 0.207 e. The number of carbonyl (C=O) groups excluding carboxylic acids is 1. The Balaban J connectivity index is 0.000000152. The lowest BCUT2D eigenvalue weighted by Gasteiger charge is -2.20. The van der Waals surface area contributed by atoms with Crippen LogP contribution in [0.2, 0.25) is 0 Å². The fourth-order valence-electron chi connectivity index (χ4n) is 5.84. The van der Waals surface area contributed by atoms with Crippen LogP contribution in [0.15, 0.2) is 36.4 Å². The molecule has 5 nitrogen and oxygen atoms in total. The van der Waals surface area contributed by atoms with Crippen LogP contribution in [0.3, 0.4) is 0 Å². The van der Waals surface area contributed by atoms with Crippen molar-refractivity contribution in [2.75, 3.05) is 5.73 Å². The average Bonchev–Trinajstić information content (AvgIpc) is 3.76. The first-order chi connectivity index (χ1) is 16.9. The van der Waals surface area contributed by atoms with E-state index in [9.17, 15) is 4.79 Å². The summed E-state index contributed by atoms with van der Waals surface area (Å²) in [4.78, 5) is 14.2. The molecule has 0 saturated heterocycles. The molecule has 2 fully saturated rings. The van der Waals surface area contributed by atoms with Crippen molar-refractivity contribution < 1.29 is 9.53 Å². The molecule has 5 heteroatoms. The maximum absolute atomic E-state index is 10.1. The van der Waals surface area contributed by atoms with Gasteiger partial charge in [0, 0.05) is 12.2 Å². The van der Waals surface area contributed by atoms with E-state index in [0.29, 0.717) is 18.8 Å². The third kappa shape index (κ3) is 4.02. The van der Waals surface area contributed by atoms with Gasteiger partial charge in [0.25, 0.3) is 0 Å². The number of nitrogens with zero attached hydrogens (tertiary/aromatic N) is 1. The molecule has 1 aromatic heterocycles. The Labute approximate surface area is 207 Å². The SMILES string of the molecule is Cc1cc(N)nc(C)c1CNC=O.Cc1ccc2c(c1)C1OC2c2cc(C3CC3)c(C3CC3)cc21. The van der Waals surface area contributed by atoms with E-state index < -0.39 is 0 Å². The van der Waals surface area contributed by atoms with E-state index in [0.717, 1.165) is 28.7 Å². The zero-order valence-electron chi connectivity index (χ0n) is 20.7. The van der Waals surface area contributed by atoms with Crippen molar-refractivity contribution in [2.45, 2.75) is 77.0 Å². The van der Waals surface area contributed by atoms with Gasteiger partial charge in [-0.2, -0.15) is 0 Å². The van der Waals surface area contributed by atoms with Crippen LogP contribution in [0.25, 0.3) is 0 Å². The van der Waals surface area contributed by atoms with Gasteiger partial charge in [0.15, 0.2) is 0 Å². The Morgan fingerprint density at radius 2 is 1.49 bits per heavy atom. The number of anilines is 1. The number of ether oxygens (including phenoxy) is 1. The largest absolute Gasteiger partial charge is 0.384 e. The molecule has 1 amide bonds. The van der Waals surface area contributed by atoms with Gasteiger partial charge in [0.05, 0.1) is 0 Å². The summed E-state index contributed by atoms with van der Waals surface area (Å²) in [5, 5.41) is 2.60. The minimum Gasteiger partial charge on any atom is -0.384 e. The highest BCUT2D eigenvalue weighted by atomic mass is 16.5. The van der Waals surface area contributed by atoms with Gasteiger partial charge in [-0.1, -0.05) is 35.9 Å². The molecule has 3 heterocycles. The molecule has 2 aliphatic carbocycles. The molecule has 2 saturated carbocycles. The highest BCUT2D eigenvalue weighted by molar-refractivity contribution is 5.58. The number of benzene rings is 2. The van der Waals surface area contributed by atoms with Gasteiger partial charge >= 0.3 is 0 Å². The summed E-state index contributed by atoms with van der Waals surface area (Å²) in [5.41, 5.74) is 18.9. The first-order valence-corrected chi connectivity index (χ1v) is 12.8. The monoisotopic (exact) mass is 467 g/mol. The number of rotatable bonds is 5. The van der Waals surface area contributed by atoms with Gasteiger partial charge in [0.1, 0.15) is 18.0 Å². The van der Waals surface area contributed by atoms with E-state index in [1.165, 1.54) is 53.5 Å². The van der Waals surface area contributed by atoms with E-state index in [1.807, 2.05) is 13.8 Å². The van der Waals surface area contributed by atoms with Crippen molar-refractivity contribution in [2.24, 2.45) is 0 Å². The molecule has 3 N–H and O–H groups in total. The number of hydrogen-bond donors (Lipinski definition) is 2. The molecular formula is C30H33N3O2. The van der Waals surface area contributed by atoms with Crippen LogP contribution in [0.5, 0.6) is 0 Å². The third-order valence-electron chi connectivity index (χ3n) is 7.90. The minimum absolute atomic E-state index is 0.195. The Bertz CT molecular complexity index is 1300. The number of carbonyl (C=O) groups is 1. The summed E-state index contributed by atoms with van der Waals surface area (Å²) in [5.74, 6) is 2.21. The van der Waals surface area contributed by atoms with Crippen molar-refractivity contribution in [1.82, 2.24) is 10.3 Å². The molecule has 2 aromatic carbocycles. The minimum atomic E-state index is 0.195. The number of pyridine rings is 1. The predicted octanol–water partition coefficient (Wildman–Crippen LogP) is 5.80. The second kappa shape index (κ2) is 8.49. The summed E-state index contributed by atoms with van der Waals surface area (Å²) >= 11 is 0. The Kier molecular flexibility index (Phi) is 5.41. The van der Waals surface area contributed by atoms with E-state index in [2.05, 4.69) is 47.6 Å². The Hall–Kier alpha value is -3.18. The Morgan fingerprint density at radius 1 is 0.886 bits per heavy atom. The lowest BCUT2D eigenvalue weighted by molar-refractivity contribution is -0.109. The first kappa shape index (κ1) is 22.3. The van der Waals surface area contributed by atoms with Crippen molar-refractivity contribution in [3.05, 3.63) is 92.2 Å². The smallest absolute Gasteiger partial charge is 0.207 e. The van der Waals surface area contributed by atoms with Gasteiger partial charge in [-0.15, -0.1) is 0 Å². The van der Waals surface area contributed by atoms with Crippen LogP contribution < -0.4 is 11.1 Å². The van der Waals surface area contributed by atoms with Crippen LogP contribution in [0.1, 0.15) is 105 Å². The van der Waals surface area contributed by atoms with E-state index in [4.69, 9.17) is 10.5 Å². The fraction of sp³-hybridized carbons (Fsp3) is 0.400. The summed E-state index contributed by atoms with van der Waals surface area (Å²) < 4.78 is 6.38. The topological polar surface area (TPSA) is 77.2 Å². The molecule has 2 unspecified atom stereocenters. The second-order valence-corrected chi connectivity index (χ2v) is 10.6. The normalized spacial score (nSPS) is 21.1. The highest BCUT2D eigenvalue weighted by Crippen LogP contribution is 2.58. The first-order valence-electron chi connectivity index (χ1n) is 12.8. The molecule has 35 heavy (non-hydrogen) atoms. The second-order valence-electron chi connectivity index (χ2n) is 10.6. The fourth-order valence-corrected chi connectivity index (χ4v) is 5.84. The van der Waals surface area contributed by atoms with Gasteiger partial charge in [-0.25, -0.2) is 4.98 Å². The number of nitrogens with two attached hydrogens (primary N) is 1. The van der Waals surface area contributed by atoms with Gasteiger partial charge in [-0.3, -0.25) is 4.79 Å². The van der Waals surface area contributed by atoms with Crippen molar-refractivity contribution >= 4 is 12.2 Å². The van der Waals surface area contributed by atoms with Crippen LogP contribution in [0, 0.1) is 20.8 Å². The molecule has 3 aromatic rings. The van der Waals surface area contributed by atoms with E-state index in [-0.39, 0.29) is 12.2 Å². The molecule has 2 bridgehead atoms. The molecule has 0 radical (unpaired) electrons. The van der Waals surface area contributed by atoms with Crippen LogP contribution in [0.4, 0.5) is 5.82 Å². The zero-order chi connectivity index (χ0) is 24.3. The highest BCUT2D eigenvalue weighted by Gasteiger charge is 2.45. The molecule has 180 valence electrons. The van der Waals surface area contributed by atoms with Crippen LogP contribution in [-0.4, -0.2) is 11.4 Å². The number of hydrogen-bond acceptors (Lipinski definition) is 4. The van der Waals surface area contributed by atoms with Crippen molar-refractivity contribution in [3.8, 4) is 0 Å². The van der Waals surface area contributed by atoms with Crippen LogP contribution >= 0.6 is 0 Å². The van der Waals surface area contributed by atoms with Crippen LogP contribution in [-0.2, 0) is 16.1 Å². The lowest BCUT2D eigenvalue weighted by Crippen LogP contribution is -2.13. The summed E-state index contributed by atoms with van der Waals surface area (Å²) in [7, 11) is 0. The summed E-state index contributed by atoms with van der Waals surface area (Å²) in [6.07, 6.45) is 6.63. The number of fused-ring (bicyclic) bond motifs is 8. The van der Waals surface area contributed by atoms with E-state index >= 15 is 0 Å². The molecule has 0 spiro atoms. The molecular weight excluding hydrogens is 434 g/mol. The summed E-state index contributed by atoms with van der Waals surface area (Å²) in [6, 6.07) is 13.7. The Morgan fingerprint density at radius 3 is 2.06 bits per heavy atom. The number of nitrogens with one attached hydrogen (secondary N) is 1. The number of amides is 1.